The molecule has 0 saturated heterocycles. The van der Waals surface area contributed by atoms with Gasteiger partial charge in [0, 0.05) is 13.1 Å². The number of fused-ring (bicyclic) bond motifs is 1. The summed E-state index contributed by atoms with van der Waals surface area (Å²) in [5, 5.41) is 5.97. The van der Waals surface area contributed by atoms with Crippen LogP contribution in [0.3, 0.4) is 0 Å². The number of benzene rings is 2. The van der Waals surface area contributed by atoms with Gasteiger partial charge >= 0.3 is 5.69 Å². The lowest BCUT2D eigenvalue weighted by Gasteiger charge is -2.23. The SMILES string of the molecule is CNC(=O)Cc1ccc(-n2c(=O)c3ccccc3n(CC(=O)NC3CCCCC3)c2=O)cc1. The van der Waals surface area contributed by atoms with Crippen molar-refractivity contribution in [1.29, 1.82) is 0 Å². The Hall–Kier alpha value is -3.68. The summed E-state index contributed by atoms with van der Waals surface area (Å²) in [6.45, 7) is -0.162. The van der Waals surface area contributed by atoms with Crippen LogP contribution in [0.1, 0.15) is 37.7 Å². The minimum absolute atomic E-state index is 0.128. The smallest absolute Gasteiger partial charge is 0.336 e. The highest BCUT2D eigenvalue weighted by molar-refractivity contribution is 5.82. The maximum absolute atomic E-state index is 13.4. The lowest BCUT2D eigenvalue weighted by Crippen LogP contribution is -2.44. The fourth-order valence-corrected chi connectivity index (χ4v) is 4.40. The van der Waals surface area contributed by atoms with Gasteiger partial charge in [0.1, 0.15) is 6.54 Å². The molecule has 2 aromatic carbocycles. The number of carbonyl (C=O) groups is 2. The first-order chi connectivity index (χ1) is 16.0. The molecule has 33 heavy (non-hydrogen) atoms. The Kier molecular flexibility index (Phi) is 6.72. The third-order valence-electron chi connectivity index (χ3n) is 6.16. The van der Waals surface area contributed by atoms with Crippen LogP contribution in [-0.4, -0.2) is 34.0 Å². The van der Waals surface area contributed by atoms with Gasteiger partial charge in [0.2, 0.25) is 11.8 Å². The molecule has 8 heteroatoms. The number of nitrogens with one attached hydrogen (secondary N) is 2. The summed E-state index contributed by atoms with van der Waals surface area (Å²) in [7, 11) is 1.57. The Labute approximate surface area is 191 Å². The van der Waals surface area contributed by atoms with E-state index in [0.29, 0.717) is 16.6 Å². The quantitative estimate of drug-likeness (QED) is 0.601. The van der Waals surface area contributed by atoms with Crippen molar-refractivity contribution >= 4 is 22.7 Å². The maximum Gasteiger partial charge on any atom is 0.336 e. The van der Waals surface area contributed by atoms with E-state index in [4.69, 9.17) is 0 Å². The number of rotatable bonds is 6. The van der Waals surface area contributed by atoms with Crippen molar-refractivity contribution in [2.45, 2.75) is 51.1 Å². The van der Waals surface area contributed by atoms with E-state index in [9.17, 15) is 19.2 Å². The van der Waals surface area contributed by atoms with E-state index in [-0.39, 0.29) is 30.8 Å². The summed E-state index contributed by atoms with van der Waals surface area (Å²) < 4.78 is 2.44. The van der Waals surface area contributed by atoms with Gasteiger partial charge in [-0.1, -0.05) is 43.5 Å². The largest absolute Gasteiger partial charge is 0.359 e. The van der Waals surface area contributed by atoms with Gasteiger partial charge < -0.3 is 10.6 Å². The van der Waals surface area contributed by atoms with Crippen molar-refractivity contribution < 1.29 is 9.59 Å². The molecule has 1 aliphatic carbocycles. The van der Waals surface area contributed by atoms with Gasteiger partial charge in [-0.05, 0) is 42.7 Å². The number of hydrogen-bond acceptors (Lipinski definition) is 4. The molecule has 1 fully saturated rings. The van der Waals surface area contributed by atoms with Crippen molar-refractivity contribution in [3.63, 3.8) is 0 Å². The van der Waals surface area contributed by atoms with Crippen molar-refractivity contribution in [1.82, 2.24) is 19.8 Å². The molecule has 172 valence electrons. The van der Waals surface area contributed by atoms with Gasteiger partial charge in [0.25, 0.3) is 5.56 Å². The molecule has 8 nitrogen and oxygen atoms in total. The second-order valence-electron chi connectivity index (χ2n) is 8.45. The Bertz CT molecular complexity index is 1280. The first-order valence-corrected chi connectivity index (χ1v) is 11.3. The van der Waals surface area contributed by atoms with Gasteiger partial charge in [-0.2, -0.15) is 0 Å². The molecule has 0 aliphatic heterocycles. The van der Waals surface area contributed by atoms with Gasteiger partial charge in [0.15, 0.2) is 0 Å². The van der Waals surface area contributed by atoms with Gasteiger partial charge in [-0.25, -0.2) is 9.36 Å². The summed E-state index contributed by atoms with van der Waals surface area (Å²) in [5.74, 6) is -0.364. The average Bonchev–Trinajstić information content (AvgIpc) is 2.83. The Morgan fingerprint density at radius 1 is 0.939 bits per heavy atom. The van der Waals surface area contributed by atoms with Crippen LogP contribution in [0.4, 0.5) is 0 Å². The zero-order valence-corrected chi connectivity index (χ0v) is 18.7. The number of likely N-dealkylation sites (N-methyl/N-ethyl adjacent to an activating group) is 1. The van der Waals surface area contributed by atoms with E-state index in [0.717, 1.165) is 35.8 Å². The standard InChI is InChI=1S/C25H28N4O4/c1-26-22(30)15-17-11-13-19(14-12-17)29-24(32)20-9-5-6-10-21(20)28(25(29)33)16-23(31)27-18-7-3-2-4-8-18/h5-6,9-14,18H,2-4,7-8,15-16H2,1H3,(H,26,30)(H,27,31). The number of nitrogens with zero attached hydrogens (tertiary/aromatic N) is 2. The second kappa shape index (κ2) is 9.85. The monoisotopic (exact) mass is 448 g/mol. The Morgan fingerprint density at radius 3 is 2.33 bits per heavy atom. The van der Waals surface area contributed by atoms with E-state index in [1.807, 2.05) is 0 Å². The number of carbonyl (C=O) groups excluding carboxylic acids is 2. The van der Waals surface area contributed by atoms with Crippen LogP contribution in [0.25, 0.3) is 16.6 Å². The van der Waals surface area contributed by atoms with Crippen LogP contribution in [0.5, 0.6) is 0 Å². The molecule has 1 heterocycles. The fraction of sp³-hybridized carbons (Fsp3) is 0.360. The van der Waals surface area contributed by atoms with Crippen molar-refractivity contribution in [2.24, 2.45) is 0 Å². The maximum atomic E-state index is 13.4. The molecular formula is C25H28N4O4. The van der Waals surface area contributed by atoms with Crippen LogP contribution in [0, 0.1) is 0 Å². The number of amides is 2. The topological polar surface area (TPSA) is 102 Å². The Balaban J connectivity index is 1.72. The minimum atomic E-state index is -0.573. The highest BCUT2D eigenvalue weighted by Gasteiger charge is 2.19. The molecule has 1 aromatic heterocycles. The van der Waals surface area contributed by atoms with Crippen LogP contribution in [0.15, 0.2) is 58.1 Å². The van der Waals surface area contributed by atoms with E-state index in [1.54, 1.807) is 55.6 Å². The van der Waals surface area contributed by atoms with Gasteiger partial charge in [0.05, 0.1) is 23.0 Å². The van der Waals surface area contributed by atoms with Gasteiger partial charge in [-0.3, -0.25) is 19.0 Å². The first-order valence-electron chi connectivity index (χ1n) is 11.3. The normalized spacial score (nSPS) is 14.2. The molecule has 0 spiro atoms. The lowest BCUT2D eigenvalue weighted by atomic mass is 9.95. The summed E-state index contributed by atoms with van der Waals surface area (Å²) in [4.78, 5) is 51.0. The number of para-hydroxylation sites is 1. The van der Waals surface area contributed by atoms with E-state index in [2.05, 4.69) is 10.6 Å². The molecule has 0 bridgehead atoms. The fourth-order valence-electron chi connectivity index (χ4n) is 4.40. The van der Waals surface area contributed by atoms with Crippen LogP contribution < -0.4 is 21.9 Å². The molecule has 1 aliphatic rings. The highest BCUT2D eigenvalue weighted by Crippen LogP contribution is 2.17. The van der Waals surface area contributed by atoms with Gasteiger partial charge in [-0.15, -0.1) is 0 Å². The zero-order chi connectivity index (χ0) is 23.4. The molecule has 0 unspecified atom stereocenters. The molecule has 3 aromatic rings. The first kappa shape index (κ1) is 22.5. The third-order valence-corrected chi connectivity index (χ3v) is 6.16. The van der Waals surface area contributed by atoms with Crippen molar-refractivity contribution in [3.05, 3.63) is 74.9 Å². The molecule has 0 atom stereocenters. The molecule has 2 amide bonds. The molecule has 4 rings (SSSR count). The highest BCUT2D eigenvalue weighted by atomic mass is 16.2. The zero-order valence-electron chi connectivity index (χ0n) is 18.7. The van der Waals surface area contributed by atoms with E-state index < -0.39 is 11.2 Å². The van der Waals surface area contributed by atoms with Crippen molar-refractivity contribution in [3.8, 4) is 5.69 Å². The summed E-state index contributed by atoms with van der Waals surface area (Å²) in [6, 6.07) is 13.7. The Morgan fingerprint density at radius 2 is 1.64 bits per heavy atom. The molecule has 0 radical (unpaired) electrons. The van der Waals surface area contributed by atoms with Crippen LogP contribution in [-0.2, 0) is 22.6 Å². The van der Waals surface area contributed by atoms with E-state index >= 15 is 0 Å². The predicted octanol–water partition coefficient (Wildman–Crippen LogP) is 1.89. The molecule has 1 saturated carbocycles. The summed E-state index contributed by atoms with van der Waals surface area (Å²) in [6.07, 6.45) is 5.47. The summed E-state index contributed by atoms with van der Waals surface area (Å²) >= 11 is 0. The molecular weight excluding hydrogens is 420 g/mol. The number of hydrogen-bond donors (Lipinski definition) is 2. The summed E-state index contributed by atoms with van der Waals surface area (Å²) in [5.41, 5.74) is 0.561. The molecule has 2 N–H and O–H groups in total. The number of aromatic nitrogens is 2. The lowest BCUT2D eigenvalue weighted by molar-refractivity contribution is -0.122. The predicted molar refractivity (Wildman–Crippen MR) is 127 cm³/mol. The third kappa shape index (κ3) is 4.89. The minimum Gasteiger partial charge on any atom is -0.359 e. The second-order valence-corrected chi connectivity index (χ2v) is 8.45. The van der Waals surface area contributed by atoms with Crippen LogP contribution >= 0.6 is 0 Å². The van der Waals surface area contributed by atoms with E-state index in [1.165, 1.54) is 11.0 Å². The van der Waals surface area contributed by atoms with Crippen molar-refractivity contribution in [2.75, 3.05) is 7.05 Å². The average molecular weight is 449 g/mol. The van der Waals surface area contributed by atoms with Crippen LogP contribution in [0.2, 0.25) is 0 Å².